The van der Waals surface area contributed by atoms with Crippen LogP contribution in [-0.4, -0.2) is 35.3 Å². The molecule has 192 valence electrons. The van der Waals surface area contributed by atoms with Crippen LogP contribution in [0.15, 0.2) is 81.9 Å². The topological polar surface area (TPSA) is 121 Å². The van der Waals surface area contributed by atoms with E-state index in [2.05, 4.69) is 15.4 Å². The minimum Gasteiger partial charge on any atom is -0.325 e. The van der Waals surface area contributed by atoms with E-state index >= 15 is 0 Å². The van der Waals surface area contributed by atoms with Crippen molar-refractivity contribution in [2.24, 2.45) is 0 Å². The molecular weight excluding hydrogens is 518 g/mol. The van der Waals surface area contributed by atoms with Gasteiger partial charge in [0.2, 0.25) is 15.9 Å². The first-order valence-corrected chi connectivity index (χ1v) is 15.6. The van der Waals surface area contributed by atoms with Crippen LogP contribution < -0.4 is 15.4 Å². The molecule has 36 heavy (non-hydrogen) atoms. The predicted molar refractivity (Wildman–Crippen MR) is 141 cm³/mol. The van der Waals surface area contributed by atoms with Crippen molar-refractivity contribution in [1.29, 1.82) is 0 Å². The van der Waals surface area contributed by atoms with Crippen LogP contribution in [0.25, 0.3) is 0 Å². The van der Waals surface area contributed by atoms with Gasteiger partial charge >= 0.3 is 0 Å². The summed E-state index contributed by atoms with van der Waals surface area (Å²) in [7, 11) is -7.73. The molecule has 3 N–H and O–H groups in total. The van der Waals surface area contributed by atoms with E-state index in [0.717, 1.165) is 32.1 Å². The van der Waals surface area contributed by atoms with Crippen LogP contribution in [0.4, 0.5) is 5.69 Å². The molecule has 0 bridgehead atoms. The van der Waals surface area contributed by atoms with Gasteiger partial charge in [0.25, 0.3) is 0 Å². The van der Waals surface area contributed by atoms with Crippen LogP contribution in [0.5, 0.6) is 0 Å². The van der Waals surface area contributed by atoms with E-state index < -0.39 is 25.2 Å². The molecule has 4 rings (SSSR count). The van der Waals surface area contributed by atoms with E-state index in [1.54, 1.807) is 41.8 Å². The number of rotatable bonds is 10. The number of hydrogen-bond acceptors (Lipinski definition) is 7. The third-order valence-electron chi connectivity index (χ3n) is 6.01. The molecule has 2 aromatic carbocycles. The van der Waals surface area contributed by atoms with Gasteiger partial charge in [-0.1, -0.05) is 43.5 Å². The van der Waals surface area contributed by atoms with Crippen LogP contribution in [0.2, 0.25) is 0 Å². The summed E-state index contributed by atoms with van der Waals surface area (Å²) in [5.41, 5.74) is 0.610. The summed E-state index contributed by atoms with van der Waals surface area (Å²) in [6, 6.07) is 17.4. The number of nitrogens with one attached hydrogen (secondary N) is 3. The highest BCUT2D eigenvalue weighted by Crippen LogP contribution is 2.30. The molecule has 0 spiro atoms. The summed E-state index contributed by atoms with van der Waals surface area (Å²) in [4.78, 5) is 12.9. The van der Waals surface area contributed by atoms with Gasteiger partial charge in [-0.05, 0) is 60.7 Å². The second-order valence-electron chi connectivity index (χ2n) is 8.66. The van der Waals surface area contributed by atoms with Crippen LogP contribution in [-0.2, 0) is 24.7 Å². The number of thiophene rings is 1. The molecular formula is C25H29N3O5S3. The maximum Gasteiger partial charge on any atom is 0.240 e. The normalized spacial score (nSPS) is 15.9. The van der Waals surface area contributed by atoms with Gasteiger partial charge in [-0.15, -0.1) is 11.3 Å². The number of benzene rings is 2. The van der Waals surface area contributed by atoms with Crippen molar-refractivity contribution in [3.05, 3.63) is 77.0 Å². The predicted octanol–water partition coefficient (Wildman–Crippen LogP) is 4.06. The average molecular weight is 548 g/mol. The van der Waals surface area contributed by atoms with Crippen molar-refractivity contribution < 1.29 is 21.6 Å². The van der Waals surface area contributed by atoms with Gasteiger partial charge in [-0.3, -0.25) is 10.1 Å². The van der Waals surface area contributed by atoms with E-state index in [4.69, 9.17) is 0 Å². The Labute approximate surface area is 216 Å². The van der Waals surface area contributed by atoms with Crippen LogP contribution in [0.3, 0.4) is 0 Å². The molecule has 1 heterocycles. The third kappa shape index (κ3) is 6.60. The lowest BCUT2D eigenvalue weighted by Crippen LogP contribution is -2.36. The number of carbonyl (C=O) groups is 1. The third-order valence-corrected chi connectivity index (χ3v) is 10.6. The summed E-state index contributed by atoms with van der Waals surface area (Å²) < 4.78 is 55.4. The maximum atomic E-state index is 13.5. The van der Waals surface area contributed by atoms with Crippen molar-refractivity contribution in [2.75, 3.05) is 11.9 Å². The lowest BCUT2D eigenvalue weighted by Gasteiger charge is -2.22. The average Bonchev–Trinajstić information content (AvgIpc) is 3.39. The zero-order valence-corrected chi connectivity index (χ0v) is 22.0. The number of carbonyl (C=O) groups excluding carboxylic acids is 1. The van der Waals surface area contributed by atoms with Gasteiger partial charge in [0.15, 0.2) is 15.2 Å². The van der Waals surface area contributed by atoms with Crippen molar-refractivity contribution in [3.8, 4) is 0 Å². The minimum atomic E-state index is -3.98. The van der Waals surface area contributed by atoms with Gasteiger partial charge in [-0.25, -0.2) is 21.6 Å². The second kappa shape index (κ2) is 11.7. The lowest BCUT2D eigenvalue weighted by atomic mass is 9.96. The summed E-state index contributed by atoms with van der Waals surface area (Å²) >= 11 is 1.26. The smallest absolute Gasteiger partial charge is 0.240 e. The maximum absolute atomic E-state index is 13.5. The molecule has 1 amide bonds. The lowest BCUT2D eigenvalue weighted by molar-refractivity contribution is -0.115. The van der Waals surface area contributed by atoms with E-state index in [0.29, 0.717) is 10.6 Å². The Hall–Kier alpha value is -2.57. The van der Waals surface area contributed by atoms with Gasteiger partial charge in [-0.2, -0.15) is 0 Å². The number of amides is 1. The van der Waals surface area contributed by atoms with Gasteiger partial charge in [0, 0.05) is 16.6 Å². The Balaban J connectivity index is 1.49. The Morgan fingerprint density at radius 2 is 1.53 bits per heavy atom. The van der Waals surface area contributed by atoms with Crippen molar-refractivity contribution in [1.82, 2.24) is 10.0 Å². The minimum absolute atomic E-state index is 0.0231. The molecule has 1 aromatic heterocycles. The first kappa shape index (κ1) is 26.5. The van der Waals surface area contributed by atoms with Gasteiger partial charge < -0.3 is 5.32 Å². The summed E-state index contributed by atoms with van der Waals surface area (Å²) in [6.45, 7) is -0.228. The summed E-state index contributed by atoms with van der Waals surface area (Å²) in [6.07, 6.45) is 4.70. The summed E-state index contributed by atoms with van der Waals surface area (Å²) in [5.74, 6) is -0.381. The van der Waals surface area contributed by atoms with E-state index in [1.807, 2.05) is 6.07 Å². The number of anilines is 1. The fraction of sp³-hybridized carbons (Fsp3) is 0.320. The second-order valence-corrected chi connectivity index (χ2v) is 13.4. The molecule has 1 fully saturated rings. The first-order chi connectivity index (χ1) is 17.3. The molecule has 1 atom stereocenters. The van der Waals surface area contributed by atoms with E-state index in [1.165, 1.54) is 35.6 Å². The Morgan fingerprint density at radius 1 is 0.861 bits per heavy atom. The molecule has 1 aliphatic rings. The van der Waals surface area contributed by atoms with Gasteiger partial charge in [0.05, 0.1) is 16.3 Å². The fourth-order valence-corrected chi connectivity index (χ4v) is 8.17. The Bertz CT molecular complexity index is 1350. The Kier molecular flexibility index (Phi) is 8.58. The van der Waals surface area contributed by atoms with Crippen LogP contribution in [0, 0.1) is 0 Å². The zero-order valence-electron chi connectivity index (χ0n) is 19.6. The first-order valence-electron chi connectivity index (χ1n) is 11.7. The molecule has 1 unspecified atom stereocenters. The largest absolute Gasteiger partial charge is 0.325 e. The highest BCUT2D eigenvalue weighted by molar-refractivity contribution is 7.91. The SMILES string of the molecule is O=C(CNC(c1cccs1)S(=O)(=O)c1ccc(S(=O)(=O)NC2CCCCC2)cc1)Nc1ccccc1. The molecule has 8 nitrogen and oxygen atoms in total. The highest BCUT2D eigenvalue weighted by atomic mass is 32.2. The molecule has 11 heteroatoms. The number of sulfone groups is 1. The van der Waals surface area contributed by atoms with Crippen molar-refractivity contribution in [2.45, 2.75) is 53.3 Å². The standard InChI is InChI=1S/C25H29N3O5S3/c29-24(27-19-8-3-1-4-9-19)18-26-25(23-12-7-17-34-23)35(30,31)21-13-15-22(16-14-21)36(32,33)28-20-10-5-2-6-11-20/h1,3-4,7-9,12-17,20,25-26,28H,2,5-6,10-11,18H2,(H,27,29). The van der Waals surface area contributed by atoms with Crippen LogP contribution in [0.1, 0.15) is 42.4 Å². The number of hydrogen-bond donors (Lipinski definition) is 3. The quantitative estimate of drug-likeness (QED) is 0.352. The van der Waals surface area contributed by atoms with E-state index in [-0.39, 0.29) is 28.3 Å². The monoisotopic (exact) mass is 547 g/mol. The molecule has 1 saturated carbocycles. The Morgan fingerprint density at radius 3 is 2.17 bits per heavy atom. The summed E-state index contributed by atoms with van der Waals surface area (Å²) in [5, 5.41) is 6.18. The van der Waals surface area contributed by atoms with E-state index in [9.17, 15) is 21.6 Å². The van der Waals surface area contributed by atoms with Crippen molar-refractivity contribution in [3.63, 3.8) is 0 Å². The number of sulfonamides is 1. The molecule has 1 aliphatic carbocycles. The number of para-hydroxylation sites is 1. The van der Waals surface area contributed by atoms with Crippen LogP contribution >= 0.6 is 11.3 Å². The fourth-order valence-electron chi connectivity index (χ4n) is 4.17. The molecule has 3 aromatic rings. The highest BCUT2D eigenvalue weighted by Gasteiger charge is 2.31. The van der Waals surface area contributed by atoms with Crippen molar-refractivity contribution >= 4 is 42.8 Å². The molecule has 0 saturated heterocycles. The molecule has 0 aliphatic heterocycles. The zero-order chi connectivity index (χ0) is 25.6. The van der Waals surface area contributed by atoms with Gasteiger partial charge in [0.1, 0.15) is 0 Å². The molecule has 0 radical (unpaired) electrons.